The normalized spacial score (nSPS) is 15.5. The first-order valence-electron chi connectivity index (χ1n) is 8.40. The van der Waals surface area contributed by atoms with Crippen molar-refractivity contribution in [3.8, 4) is 0 Å². The predicted octanol–water partition coefficient (Wildman–Crippen LogP) is 4.93. The molecule has 1 saturated heterocycles. The zero-order chi connectivity index (χ0) is 16.9. The Morgan fingerprint density at radius 3 is 2.50 bits per heavy atom. The van der Waals surface area contributed by atoms with Gasteiger partial charge in [-0.2, -0.15) is 0 Å². The Kier molecular flexibility index (Phi) is 5.67. The number of piperidine rings is 1. The minimum atomic E-state index is -0.250. The van der Waals surface area contributed by atoms with Gasteiger partial charge in [0.25, 0.3) is 0 Å². The average Bonchev–Trinajstić information content (AvgIpc) is 2.62. The number of nitrogens with zero attached hydrogens (tertiary/aromatic N) is 1. The molecule has 0 aromatic heterocycles. The molecule has 0 N–H and O–H groups in total. The number of aryl methyl sites for hydroxylation is 1. The lowest BCUT2D eigenvalue weighted by atomic mass is 9.89. The lowest BCUT2D eigenvalue weighted by Gasteiger charge is -2.32. The first-order chi connectivity index (χ1) is 11.6. The minimum Gasteiger partial charge on any atom is -0.343 e. The van der Waals surface area contributed by atoms with E-state index in [0.29, 0.717) is 24.3 Å². The Morgan fingerprint density at radius 1 is 1.12 bits per heavy atom. The van der Waals surface area contributed by atoms with Gasteiger partial charge in [0.1, 0.15) is 5.82 Å². The van der Waals surface area contributed by atoms with Crippen LogP contribution in [0.1, 0.15) is 36.3 Å². The molecule has 1 aliphatic heterocycles. The summed E-state index contributed by atoms with van der Waals surface area (Å²) in [6.45, 7) is 1.59. The summed E-state index contributed by atoms with van der Waals surface area (Å²) < 4.78 is 14.5. The number of carbonyl (C=O) groups excluding carboxylic acids is 1. The maximum absolute atomic E-state index is 13.8. The molecule has 0 atom stereocenters. The minimum absolute atomic E-state index is 0.129. The zero-order valence-corrected chi connectivity index (χ0v) is 15.1. The van der Waals surface area contributed by atoms with Gasteiger partial charge >= 0.3 is 0 Å². The van der Waals surface area contributed by atoms with Crippen LogP contribution in [0.3, 0.4) is 0 Å². The largest absolute Gasteiger partial charge is 0.343 e. The van der Waals surface area contributed by atoms with Crippen LogP contribution in [-0.2, 0) is 11.2 Å². The summed E-state index contributed by atoms with van der Waals surface area (Å²) in [5, 5.41) is 0. The van der Waals surface area contributed by atoms with Crippen LogP contribution in [0.4, 0.5) is 4.39 Å². The fourth-order valence-electron chi connectivity index (χ4n) is 3.31. The fourth-order valence-corrected chi connectivity index (χ4v) is 3.64. The summed E-state index contributed by atoms with van der Waals surface area (Å²) in [5.74, 6) is 0.419. The van der Waals surface area contributed by atoms with Gasteiger partial charge in [-0.05, 0) is 48.4 Å². The number of hydrogen-bond acceptors (Lipinski definition) is 1. The molecule has 2 aromatic rings. The summed E-state index contributed by atoms with van der Waals surface area (Å²) in [5.41, 5.74) is 1.97. The van der Waals surface area contributed by atoms with Crippen molar-refractivity contribution < 1.29 is 9.18 Å². The average molecular weight is 390 g/mol. The van der Waals surface area contributed by atoms with Crippen molar-refractivity contribution in [1.29, 1.82) is 0 Å². The predicted molar refractivity (Wildman–Crippen MR) is 97.4 cm³/mol. The summed E-state index contributed by atoms with van der Waals surface area (Å²) in [7, 11) is 0. The molecule has 24 heavy (non-hydrogen) atoms. The van der Waals surface area contributed by atoms with Crippen LogP contribution in [0.2, 0.25) is 0 Å². The van der Waals surface area contributed by atoms with E-state index in [4.69, 9.17) is 0 Å². The van der Waals surface area contributed by atoms with Crippen molar-refractivity contribution >= 4 is 21.8 Å². The van der Waals surface area contributed by atoms with Crippen molar-refractivity contribution in [3.63, 3.8) is 0 Å². The molecule has 2 aromatic carbocycles. The van der Waals surface area contributed by atoms with E-state index in [2.05, 4.69) is 40.2 Å². The maximum Gasteiger partial charge on any atom is 0.222 e. The Bertz CT molecular complexity index is 696. The van der Waals surface area contributed by atoms with E-state index in [-0.39, 0.29) is 11.7 Å². The Labute approximate surface area is 150 Å². The molecule has 0 bridgehead atoms. The van der Waals surface area contributed by atoms with Crippen LogP contribution in [0.25, 0.3) is 0 Å². The van der Waals surface area contributed by atoms with Gasteiger partial charge in [0.2, 0.25) is 5.91 Å². The van der Waals surface area contributed by atoms with Crippen molar-refractivity contribution in [2.24, 2.45) is 0 Å². The van der Waals surface area contributed by atoms with Crippen LogP contribution >= 0.6 is 15.9 Å². The van der Waals surface area contributed by atoms with E-state index in [1.54, 1.807) is 6.07 Å². The maximum atomic E-state index is 13.8. The van der Waals surface area contributed by atoms with Crippen LogP contribution in [0.5, 0.6) is 0 Å². The van der Waals surface area contributed by atoms with E-state index >= 15 is 0 Å². The molecule has 2 nitrogen and oxygen atoms in total. The number of amides is 1. The van der Waals surface area contributed by atoms with E-state index in [1.165, 1.54) is 11.6 Å². The van der Waals surface area contributed by atoms with Crippen molar-refractivity contribution in [2.45, 2.75) is 31.6 Å². The van der Waals surface area contributed by atoms with Gasteiger partial charge in [-0.3, -0.25) is 4.79 Å². The molecule has 0 aliphatic carbocycles. The van der Waals surface area contributed by atoms with Crippen molar-refractivity contribution in [3.05, 3.63) is 69.9 Å². The molecule has 1 amide bonds. The SMILES string of the molecule is O=C(CCc1ccc(Br)cc1F)N1CCC(c2ccccc2)CC1. The highest BCUT2D eigenvalue weighted by Crippen LogP contribution is 2.28. The second kappa shape index (κ2) is 7.93. The van der Waals surface area contributed by atoms with Crippen molar-refractivity contribution in [2.75, 3.05) is 13.1 Å². The number of carbonyl (C=O) groups is 1. The van der Waals surface area contributed by atoms with Gasteiger partial charge in [0.15, 0.2) is 0 Å². The van der Waals surface area contributed by atoms with Gasteiger partial charge < -0.3 is 4.90 Å². The third-order valence-electron chi connectivity index (χ3n) is 4.74. The van der Waals surface area contributed by atoms with Crippen LogP contribution in [-0.4, -0.2) is 23.9 Å². The first kappa shape index (κ1) is 17.2. The van der Waals surface area contributed by atoms with Crippen LogP contribution in [0, 0.1) is 5.82 Å². The lowest BCUT2D eigenvalue weighted by molar-refractivity contribution is -0.132. The third-order valence-corrected chi connectivity index (χ3v) is 5.24. The van der Waals surface area contributed by atoms with Crippen molar-refractivity contribution in [1.82, 2.24) is 4.90 Å². The topological polar surface area (TPSA) is 20.3 Å². The van der Waals surface area contributed by atoms with Crippen LogP contribution in [0.15, 0.2) is 53.0 Å². The summed E-state index contributed by atoms with van der Waals surface area (Å²) in [4.78, 5) is 14.3. The molecule has 0 spiro atoms. The summed E-state index contributed by atoms with van der Waals surface area (Å²) in [6.07, 6.45) is 2.83. The van der Waals surface area contributed by atoms with E-state index in [0.717, 1.165) is 30.4 Å². The van der Waals surface area contributed by atoms with E-state index in [9.17, 15) is 9.18 Å². The molecule has 4 heteroatoms. The fraction of sp³-hybridized carbons (Fsp3) is 0.350. The van der Waals surface area contributed by atoms with Gasteiger partial charge in [-0.25, -0.2) is 4.39 Å². The van der Waals surface area contributed by atoms with Gasteiger partial charge in [-0.1, -0.05) is 52.3 Å². The molecular formula is C20H21BrFNO. The molecule has 126 valence electrons. The monoisotopic (exact) mass is 389 g/mol. The number of likely N-dealkylation sites (tertiary alicyclic amines) is 1. The quantitative estimate of drug-likeness (QED) is 0.725. The van der Waals surface area contributed by atoms with Gasteiger partial charge in [-0.15, -0.1) is 0 Å². The standard InChI is InChI=1S/C20H21BrFNO/c21-18-8-6-17(19(22)14-18)7-9-20(24)23-12-10-16(11-13-23)15-4-2-1-3-5-15/h1-6,8,14,16H,7,9-13H2. The highest BCUT2D eigenvalue weighted by Gasteiger charge is 2.23. The molecule has 0 radical (unpaired) electrons. The number of benzene rings is 2. The zero-order valence-electron chi connectivity index (χ0n) is 13.6. The molecule has 1 aliphatic rings. The molecular weight excluding hydrogens is 369 g/mol. The second-order valence-electron chi connectivity index (χ2n) is 6.30. The van der Waals surface area contributed by atoms with Crippen LogP contribution < -0.4 is 0 Å². The molecule has 0 unspecified atom stereocenters. The summed E-state index contributed by atoms with van der Waals surface area (Å²) >= 11 is 3.25. The van der Waals surface area contributed by atoms with E-state index < -0.39 is 0 Å². The number of rotatable bonds is 4. The molecule has 0 saturated carbocycles. The van der Waals surface area contributed by atoms with Gasteiger partial charge in [0.05, 0.1) is 0 Å². The van der Waals surface area contributed by atoms with E-state index in [1.807, 2.05) is 17.0 Å². The Balaban J connectivity index is 1.50. The van der Waals surface area contributed by atoms with Gasteiger partial charge in [0, 0.05) is 24.0 Å². The lowest BCUT2D eigenvalue weighted by Crippen LogP contribution is -2.38. The summed E-state index contributed by atoms with van der Waals surface area (Å²) in [6, 6.07) is 15.5. The molecule has 1 heterocycles. The Morgan fingerprint density at radius 2 is 1.83 bits per heavy atom. The second-order valence-corrected chi connectivity index (χ2v) is 7.22. The smallest absolute Gasteiger partial charge is 0.222 e. The highest BCUT2D eigenvalue weighted by molar-refractivity contribution is 9.10. The number of hydrogen-bond donors (Lipinski definition) is 0. The molecule has 3 rings (SSSR count). The highest BCUT2D eigenvalue weighted by atomic mass is 79.9. The third kappa shape index (κ3) is 4.23. The number of halogens is 2. The Hall–Kier alpha value is -1.68. The molecule has 1 fully saturated rings. The first-order valence-corrected chi connectivity index (χ1v) is 9.19.